The Morgan fingerprint density at radius 3 is 2.82 bits per heavy atom. The molecule has 0 amide bonds. The maximum Gasteiger partial charge on any atom is 0.348 e. The van der Waals surface area contributed by atoms with Crippen LogP contribution in [0.3, 0.4) is 0 Å². The molecule has 0 bridgehead atoms. The molecule has 0 radical (unpaired) electrons. The molecule has 0 unspecified atom stereocenters. The van der Waals surface area contributed by atoms with Crippen molar-refractivity contribution in [3.05, 3.63) is 39.7 Å². The molecule has 116 valence electrons. The van der Waals surface area contributed by atoms with Crippen LogP contribution in [0.2, 0.25) is 0 Å². The number of benzene rings is 1. The number of carboxylic acid groups (broad SMARTS) is 1. The number of hydrogen-bond donors (Lipinski definition) is 1. The lowest BCUT2D eigenvalue weighted by Gasteiger charge is -2.12. The van der Waals surface area contributed by atoms with Crippen molar-refractivity contribution in [2.45, 2.75) is 26.2 Å². The first-order chi connectivity index (χ1) is 10.6. The van der Waals surface area contributed by atoms with Gasteiger partial charge < -0.3 is 10.0 Å². The monoisotopic (exact) mass is 316 g/mol. The number of carboxylic acids is 1. The van der Waals surface area contributed by atoms with Crippen molar-refractivity contribution in [3.8, 4) is 11.3 Å². The van der Waals surface area contributed by atoms with Gasteiger partial charge in [0.1, 0.15) is 4.88 Å². The van der Waals surface area contributed by atoms with Gasteiger partial charge in [-0.05, 0) is 38.9 Å². The quantitative estimate of drug-likeness (QED) is 0.918. The van der Waals surface area contributed by atoms with Crippen molar-refractivity contribution in [1.29, 1.82) is 0 Å². The van der Waals surface area contributed by atoms with Gasteiger partial charge in [-0.25, -0.2) is 9.78 Å². The van der Waals surface area contributed by atoms with E-state index in [1.54, 1.807) is 0 Å². The van der Waals surface area contributed by atoms with Crippen molar-refractivity contribution in [2.75, 3.05) is 19.6 Å². The molecule has 1 aliphatic heterocycles. The van der Waals surface area contributed by atoms with Crippen molar-refractivity contribution in [2.24, 2.45) is 0 Å². The van der Waals surface area contributed by atoms with Gasteiger partial charge in [0.05, 0.1) is 10.7 Å². The maximum atomic E-state index is 11.5. The van der Waals surface area contributed by atoms with Crippen LogP contribution in [0.4, 0.5) is 0 Å². The highest BCUT2D eigenvalue weighted by Gasteiger charge is 2.19. The first-order valence-electron chi connectivity index (χ1n) is 7.66. The van der Waals surface area contributed by atoms with E-state index in [4.69, 9.17) is 0 Å². The summed E-state index contributed by atoms with van der Waals surface area (Å²) >= 11 is 1.31. The molecule has 4 nitrogen and oxygen atoms in total. The SMILES string of the molecule is Cc1cccc(-c2nc(CCN3CCCC3)sc2C(=O)O)c1. The smallest absolute Gasteiger partial charge is 0.348 e. The zero-order chi connectivity index (χ0) is 15.5. The predicted molar refractivity (Wildman–Crippen MR) is 88.6 cm³/mol. The Morgan fingerprint density at radius 1 is 1.36 bits per heavy atom. The average molecular weight is 316 g/mol. The van der Waals surface area contributed by atoms with E-state index in [2.05, 4.69) is 9.88 Å². The van der Waals surface area contributed by atoms with E-state index in [9.17, 15) is 9.90 Å². The molecule has 1 aliphatic rings. The van der Waals surface area contributed by atoms with Gasteiger partial charge in [-0.3, -0.25) is 0 Å². The van der Waals surface area contributed by atoms with Crippen LogP contribution in [-0.2, 0) is 6.42 Å². The first-order valence-corrected chi connectivity index (χ1v) is 8.47. The summed E-state index contributed by atoms with van der Waals surface area (Å²) in [4.78, 5) is 18.9. The largest absolute Gasteiger partial charge is 0.477 e. The van der Waals surface area contributed by atoms with Crippen LogP contribution in [0.25, 0.3) is 11.3 Å². The predicted octanol–water partition coefficient (Wildman–Crippen LogP) is 3.46. The van der Waals surface area contributed by atoms with Crippen LogP contribution in [-0.4, -0.2) is 40.6 Å². The van der Waals surface area contributed by atoms with E-state index in [-0.39, 0.29) is 0 Å². The van der Waals surface area contributed by atoms with Crippen LogP contribution in [0, 0.1) is 6.92 Å². The maximum absolute atomic E-state index is 11.5. The highest BCUT2D eigenvalue weighted by atomic mass is 32.1. The molecule has 22 heavy (non-hydrogen) atoms. The van der Waals surface area contributed by atoms with E-state index in [0.717, 1.165) is 42.2 Å². The summed E-state index contributed by atoms with van der Waals surface area (Å²) in [5.41, 5.74) is 2.61. The molecule has 0 saturated carbocycles. The number of aryl methyl sites for hydroxylation is 1. The minimum absolute atomic E-state index is 0.349. The van der Waals surface area contributed by atoms with Gasteiger partial charge in [0.2, 0.25) is 0 Å². The minimum Gasteiger partial charge on any atom is -0.477 e. The zero-order valence-electron chi connectivity index (χ0n) is 12.7. The molecule has 0 atom stereocenters. The molecule has 5 heteroatoms. The summed E-state index contributed by atoms with van der Waals surface area (Å²) in [6.07, 6.45) is 3.37. The molecule has 2 aromatic rings. The second kappa shape index (κ2) is 6.58. The fraction of sp³-hybridized carbons (Fsp3) is 0.412. The Morgan fingerprint density at radius 2 is 2.14 bits per heavy atom. The van der Waals surface area contributed by atoms with E-state index < -0.39 is 5.97 Å². The van der Waals surface area contributed by atoms with Gasteiger partial charge in [0, 0.05) is 18.5 Å². The number of aromatic nitrogens is 1. The fourth-order valence-corrected chi connectivity index (χ4v) is 3.78. The second-order valence-electron chi connectivity index (χ2n) is 5.76. The first kappa shape index (κ1) is 15.2. The summed E-state index contributed by atoms with van der Waals surface area (Å²) in [6.45, 7) is 5.29. The van der Waals surface area contributed by atoms with Crippen molar-refractivity contribution < 1.29 is 9.90 Å². The number of nitrogens with zero attached hydrogens (tertiary/aromatic N) is 2. The van der Waals surface area contributed by atoms with E-state index in [1.165, 1.54) is 24.2 Å². The lowest BCUT2D eigenvalue weighted by molar-refractivity contribution is 0.0702. The van der Waals surface area contributed by atoms with Gasteiger partial charge in [0.15, 0.2) is 0 Å². The molecule has 1 N–H and O–H groups in total. The Hall–Kier alpha value is -1.72. The summed E-state index contributed by atoms with van der Waals surface area (Å²) in [7, 11) is 0. The molecule has 2 heterocycles. The Balaban J connectivity index is 1.84. The van der Waals surface area contributed by atoms with E-state index in [1.807, 2.05) is 31.2 Å². The van der Waals surface area contributed by atoms with Crippen LogP contribution >= 0.6 is 11.3 Å². The third-order valence-electron chi connectivity index (χ3n) is 4.00. The zero-order valence-corrected chi connectivity index (χ0v) is 13.5. The van der Waals surface area contributed by atoms with Crippen LogP contribution < -0.4 is 0 Å². The Labute approximate surface area is 134 Å². The lowest BCUT2D eigenvalue weighted by atomic mass is 10.1. The number of carbonyl (C=O) groups is 1. The molecular weight excluding hydrogens is 296 g/mol. The highest BCUT2D eigenvalue weighted by molar-refractivity contribution is 7.14. The fourth-order valence-electron chi connectivity index (χ4n) is 2.86. The van der Waals surface area contributed by atoms with E-state index in [0.29, 0.717) is 10.6 Å². The Bertz CT molecular complexity index is 675. The van der Waals surface area contributed by atoms with Crippen LogP contribution in [0.1, 0.15) is 33.1 Å². The summed E-state index contributed by atoms with van der Waals surface area (Å²) in [6, 6.07) is 7.87. The standard InChI is InChI=1S/C17H20N2O2S/c1-12-5-4-6-13(11-12)15-16(17(20)21)22-14(18-15)7-10-19-8-2-3-9-19/h4-6,11H,2-3,7-10H2,1H3,(H,20,21). The molecular formula is C17H20N2O2S. The number of rotatable bonds is 5. The molecule has 1 fully saturated rings. The highest BCUT2D eigenvalue weighted by Crippen LogP contribution is 2.29. The van der Waals surface area contributed by atoms with Gasteiger partial charge in [0.25, 0.3) is 0 Å². The molecule has 0 spiro atoms. The summed E-state index contributed by atoms with van der Waals surface area (Å²) < 4.78 is 0. The molecule has 1 saturated heterocycles. The van der Waals surface area contributed by atoms with Gasteiger partial charge in [-0.1, -0.05) is 23.8 Å². The molecule has 3 rings (SSSR count). The van der Waals surface area contributed by atoms with Gasteiger partial charge in [-0.15, -0.1) is 11.3 Å². The van der Waals surface area contributed by atoms with Crippen molar-refractivity contribution in [3.63, 3.8) is 0 Å². The molecule has 1 aromatic carbocycles. The number of aromatic carboxylic acids is 1. The third kappa shape index (κ3) is 3.36. The lowest BCUT2D eigenvalue weighted by Crippen LogP contribution is -2.21. The number of thiazole rings is 1. The summed E-state index contributed by atoms with van der Waals surface area (Å²) in [5.74, 6) is -0.888. The number of hydrogen-bond acceptors (Lipinski definition) is 4. The van der Waals surface area contributed by atoms with E-state index >= 15 is 0 Å². The minimum atomic E-state index is -0.888. The topological polar surface area (TPSA) is 53.4 Å². The third-order valence-corrected chi connectivity index (χ3v) is 5.10. The number of likely N-dealkylation sites (tertiary alicyclic amines) is 1. The second-order valence-corrected chi connectivity index (χ2v) is 6.84. The van der Waals surface area contributed by atoms with Gasteiger partial charge in [-0.2, -0.15) is 0 Å². The van der Waals surface area contributed by atoms with Crippen LogP contribution in [0.5, 0.6) is 0 Å². The van der Waals surface area contributed by atoms with Gasteiger partial charge >= 0.3 is 5.97 Å². The average Bonchev–Trinajstić information content (AvgIpc) is 3.14. The van der Waals surface area contributed by atoms with Crippen molar-refractivity contribution >= 4 is 17.3 Å². The molecule has 0 aliphatic carbocycles. The Kier molecular flexibility index (Phi) is 4.55. The van der Waals surface area contributed by atoms with Crippen molar-refractivity contribution in [1.82, 2.24) is 9.88 Å². The van der Waals surface area contributed by atoms with Crippen LogP contribution in [0.15, 0.2) is 24.3 Å². The summed E-state index contributed by atoms with van der Waals surface area (Å²) in [5, 5.41) is 10.4. The normalized spacial score (nSPS) is 15.3. The molecule has 1 aromatic heterocycles.